The van der Waals surface area contributed by atoms with Crippen LogP contribution < -0.4 is 0 Å². The molecule has 0 aromatic carbocycles. The molecule has 0 N–H and O–H groups in total. The average Bonchev–Trinajstić information content (AvgIpc) is 2.85. The molecular formula is C17H26BrN3O2. The van der Waals surface area contributed by atoms with Crippen LogP contribution in [-0.2, 0) is 11.3 Å². The van der Waals surface area contributed by atoms with Crippen molar-refractivity contribution in [2.24, 2.45) is 5.92 Å². The van der Waals surface area contributed by atoms with Crippen LogP contribution in [-0.4, -0.2) is 53.2 Å². The molecule has 0 bridgehead atoms. The highest BCUT2D eigenvalue weighted by atomic mass is 79.9. The molecule has 1 amide bonds. The van der Waals surface area contributed by atoms with E-state index in [0.29, 0.717) is 5.92 Å². The zero-order chi connectivity index (χ0) is 17.0. The van der Waals surface area contributed by atoms with Crippen molar-refractivity contribution in [3.8, 4) is 0 Å². The Morgan fingerprint density at radius 2 is 2.26 bits per heavy atom. The molecule has 0 aliphatic carbocycles. The highest BCUT2D eigenvalue weighted by Crippen LogP contribution is 2.21. The van der Waals surface area contributed by atoms with E-state index in [4.69, 9.17) is 4.74 Å². The summed E-state index contributed by atoms with van der Waals surface area (Å²) in [5, 5.41) is 0. The van der Waals surface area contributed by atoms with E-state index in [9.17, 15) is 4.79 Å². The van der Waals surface area contributed by atoms with Gasteiger partial charge in [-0.1, -0.05) is 0 Å². The first-order chi connectivity index (χ1) is 10.7. The average molecular weight is 384 g/mol. The lowest BCUT2D eigenvalue weighted by Gasteiger charge is -2.25. The number of hydrogen-bond acceptors (Lipinski definition) is 4. The maximum absolute atomic E-state index is 12.1. The van der Waals surface area contributed by atoms with Gasteiger partial charge in [-0.15, -0.1) is 0 Å². The maximum atomic E-state index is 12.1. The van der Waals surface area contributed by atoms with Crippen molar-refractivity contribution >= 4 is 22.0 Å². The Bertz CT molecular complexity index is 545. The van der Waals surface area contributed by atoms with Crippen molar-refractivity contribution in [1.82, 2.24) is 14.8 Å². The number of carbonyl (C=O) groups is 1. The van der Waals surface area contributed by atoms with E-state index in [0.717, 1.165) is 37.2 Å². The minimum atomic E-state index is -0.430. The van der Waals surface area contributed by atoms with Gasteiger partial charge in [0.25, 0.3) is 0 Å². The van der Waals surface area contributed by atoms with Gasteiger partial charge in [0.05, 0.1) is 0 Å². The van der Waals surface area contributed by atoms with Crippen LogP contribution in [0.4, 0.5) is 4.79 Å². The third-order valence-electron chi connectivity index (χ3n) is 3.75. The van der Waals surface area contributed by atoms with Crippen molar-refractivity contribution in [1.29, 1.82) is 0 Å². The Balaban J connectivity index is 1.79. The summed E-state index contributed by atoms with van der Waals surface area (Å²) in [5.74, 6) is 0.498. The lowest BCUT2D eigenvalue weighted by atomic mass is 10.1. The molecule has 0 radical (unpaired) electrons. The number of rotatable bonds is 4. The SMILES string of the molecule is CN(Cc1ccnc(Br)c1)C[C@H]1CCN(C(=O)OC(C)(C)C)C1. The first kappa shape index (κ1) is 18.2. The van der Waals surface area contributed by atoms with Crippen LogP contribution in [0.1, 0.15) is 32.8 Å². The number of halogens is 1. The lowest BCUT2D eigenvalue weighted by Crippen LogP contribution is -2.36. The Labute approximate surface area is 147 Å². The van der Waals surface area contributed by atoms with Crippen LogP contribution >= 0.6 is 15.9 Å². The summed E-state index contributed by atoms with van der Waals surface area (Å²) in [6, 6.07) is 4.07. The fraction of sp³-hybridized carbons (Fsp3) is 0.647. The van der Waals surface area contributed by atoms with Gasteiger partial charge < -0.3 is 14.5 Å². The van der Waals surface area contributed by atoms with Gasteiger partial charge in [0, 0.05) is 32.4 Å². The maximum Gasteiger partial charge on any atom is 0.410 e. The van der Waals surface area contributed by atoms with Crippen molar-refractivity contribution in [2.75, 3.05) is 26.7 Å². The first-order valence-electron chi connectivity index (χ1n) is 8.00. The highest BCUT2D eigenvalue weighted by Gasteiger charge is 2.30. The third kappa shape index (κ3) is 6.11. The molecule has 0 unspecified atom stereocenters. The lowest BCUT2D eigenvalue weighted by molar-refractivity contribution is 0.0285. The fourth-order valence-corrected chi connectivity index (χ4v) is 3.24. The molecule has 1 aliphatic rings. The first-order valence-corrected chi connectivity index (χ1v) is 8.79. The molecule has 0 saturated carbocycles. The second-order valence-corrected chi connectivity index (χ2v) is 8.08. The number of pyridine rings is 1. The number of carbonyl (C=O) groups excluding carboxylic acids is 1. The summed E-state index contributed by atoms with van der Waals surface area (Å²) in [4.78, 5) is 20.4. The summed E-state index contributed by atoms with van der Waals surface area (Å²) >= 11 is 3.40. The van der Waals surface area contributed by atoms with Crippen molar-refractivity contribution in [2.45, 2.75) is 39.3 Å². The van der Waals surface area contributed by atoms with Crippen LogP contribution in [0.5, 0.6) is 0 Å². The number of likely N-dealkylation sites (tertiary alicyclic amines) is 1. The molecule has 1 fully saturated rings. The molecule has 23 heavy (non-hydrogen) atoms. The molecule has 1 aromatic heterocycles. The van der Waals surface area contributed by atoms with Gasteiger partial charge in [-0.05, 0) is 73.8 Å². The van der Waals surface area contributed by atoms with E-state index in [1.165, 1.54) is 5.56 Å². The van der Waals surface area contributed by atoms with E-state index < -0.39 is 5.60 Å². The van der Waals surface area contributed by atoms with Gasteiger partial charge in [0.15, 0.2) is 0 Å². The molecule has 2 heterocycles. The smallest absolute Gasteiger partial charge is 0.410 e. The molecule has 2 rings (SSSR count). The zero-order valence-corrected chi connectivity index (χ0v) is 16.0. The Hall–Kier alpha value is -1.14. The molecule has 5 nitrogen and oxygen atoms in total. The van der Waals surface area contributed by atoms with Crippen LogP contribution in [0.2, 0.25) is 0 Å². The Morgan fingerprint density at radius 1 is 1.52 bits per heavy atom. The monoisotopic (exact) mass is 383 g/mol. The zero-order valence-electron chi connectivity index (χ0n) is 14.4. The van der Waals surface area contributed by atoms with E-state index in [1.54, 1.807) is 0 Å². The largest absolute Gasteiger partial charge is 0.444 e. The van der Waals surface area contributed by atoms with Gasteiger partial charge in [-0.25, -0.2) is 9.78 Å². The summed E-state index contributed by atoms with van der Waals surface area (Å²) < 4.78 is 6.31. The van der Waals surface area contributed by atoms with E-state index in [-0.39, 0.29) is 6.09 Å². The minimum absolute atomic E-state index is 0.194. The van der Waals surface area contributed by atoms with Crippen LogP contribution in [0.15, 0.2) is 22.9 Å². The van der Waals surface area contributed by atoms with Gasteiger partial charge in [-0.2, -0.15) is 0 Å². The molecular weight excluding hydrogens is 358 g/mol. The predicted molar refractivity (Wildman–Crippen MR) is 94.2 cm³/mol. The topological polar surface area (TPSA) is 45.7 Å². The highest BCUT2D eigenvalue weighted by molar-refractivity contribution is 9.10. The second-order valence-electron chi connectivity index (χ2n) is 7.26. The van der Waals surface area contributed by atoms with E-state index >= 15 is 0 Å². The standard InChI is InChI=1S/C17H26BrN3O2/c1-17(2,3)23-16(22)21-8-6-14(12-21)11-20(4)10-13-5-7-19-15(18)9-13/h5,7,9,14H,6,8,10-12H2,1-4H3/t14-/m1/s1. The van der Waals surface area contributed by atoms with Crippen molar-refractivity contribution in [3.63, 3.8) is 0 Å². The molecule has 1 atom stereocenters. The molecule has 128 valence electrons. The molecule has 6 heteroatoms. The fourth-order valence-electron chi connectivity index (χ4n) is 2.83. The quantitative estimate of drug-likeness (QED) is 0.745. The Kier molecular flexibility index (Phi) is 6.03. The van der Waals surface area contributed by atoms with Gasteiger partial charge in [0.1, 0.15) is 10.2 Å². The molecule has 1 aromatic rings. The molecule has 1 aliphatic heterocycles. The van der Waals surface area contributed by atoms with Crippen LogP contribution in [0.25, 0.3) is 0 Å². The number of aromatic nitrogens is 1. The van der Waals surface area contributed by atoms with Crippen LogP contribution in [0, 0.1) is 5.92 Å². The summed E-state index contributed by atoms with van der Waals surface area (Å²) in [6.45, 7) is 9.12. The normalized spacial score (nSPS) is 18.5. The number of ether oxygens (including phenoxy) is 1. The number of hydrogen-bond donors (Lipinski definition) is 0. The third-order valence-corrected chi connectivity index (χ3v) is 4.18. The molecule has 0 spiro atoms. The van der Waals surface area contributed by atoms with Gasteiger partial charge >= 0.3 is 6.09 Å². The summed E-state index contributed by atoms with van der Waals surface area (Å²) in [5.41, 5.74) is 0.803. The number of amides is 1. The van der Waals surface area contributed by atoms with Crippen molar-refractivity contribution in [3.05, 3.63) is 28.5 Å². The van der Waals surface area contributed by atoms with E-state index in [1.807, 2.05) is 44.0 Å². The summed E-state index contributed by atoms with van der Waals surface area (Å²) in [7, 11) is 2.12. The van der Waals surface area contributed by atoms with Gasteiger partial charge in [-0.3, -0.25) is 0 Å². The minimum Gasteiger partial charge on any atom is -0.444 e. The second kappa shape index (κ2) is 7.62. The number of nitrogens with zero attached hydrogens (tertiary/aromatic N) is 3. The predicted octanol–water partition coefficient (Wildman–Crippen LogP) is 3.53. The summed E-state index contributed by atoms with van der Waals surface area (Å²) in [6.07, 6.45) is 2.65. The van der Waals surface area contributed by atoms with Crippen LogP contribution in [0.3, 0.4) is 0 Å². The van der Waals surface area contributed by atoms with Crippen molar-refractivity contribution < 1.29 is 9.53 Å². The Morgan fingerprint density at radius 3 is 2.91 bits per heavy atom. The van der Waals surface area contributed by atoms with Gasteiger partial charge in [0.2, 0.25) is 0 Å². The van der Waals surface area contributed by atoms with E-state index in [2.05, 4.69) is 32.9 Å². The molecule has 1 saturated heterocycles.